The normalized spacial score (nSPS) is 33.4. The molecular formula is C21H29N3O2. The molecule has 0 radical (unpaired) electrons. The van der Waals surface area contributed by atoms with E-state index in [9.17, 15) is 4.79 Å². The summed E-state index contributed by atoms with van der Waals surface area (Å²) >= 11 is 0. The van der Waals surface area contributed by atoms with Crippen molar-refractivity contribution in [3.8, 4) is 0 Å². The maximum absolute atomic E-state index is 13.5. The van der Waals surface area contributed by atoms with Crippen molar-refractivity contribution in [3.63, 3.8) is 0 Å². The van der Waals surface area contributed by atoms with Crippen LogP contribution in [0.4, 0.5) is 0 Å². The summed E-state index contributed by atoms with van der Waals surface area (Å²) < 4.78 is 5.59. The van der Waals surface area contributed by atoms with Gasteiger partial charge in [0, 0.05) is 19.6 Å². The minimum Gasteiger partial charge on any atom is -0.381 e. The summed E-state index contributed by atoms with van der Waals surface area (Å²) in [6, 6.07) is 6.62. The van der Waals surface area contributed by atoms with Crippen LogP contribution in [0, 0.1) is 5.41 Å². The second-order valence-electron chi connectivity index (χ2n) is 8.51. The molecule has 26 heavy (non-hydrogen) atoms. The van der Waals surface area contributed by atoms with Crippen LogP contribution in [0.1, 0.15) is 62.1 Å². The molecule has 1 fully saturated rings. The number of nitrogens with two attached hydrogens (primary N) is 1. The first-order valence-electron chi connectivity index (χ1n) is 9.64. The highest BCUT2D eigenvalue weighted by atomic mass is 16.5. The highest BCUT2D eigenvalue weighted by Crippen LogP contribution is 2.61. The fourth-order valence-corrected chi connectivity index (χ4v) is 5.30. The number of guanidine groups is 1. The van der Waals surface area contributed by atoms with Crippen LogP contribution in [0.15, 0.2) is 23.2 Å². The molecule has 0 aromatic heterocycles. The molecule has 1 atom stereocenters. The SMILES string of the molecule is COC1CCC2(CC1)Cc1ccc(C(C)C)cc1C21N=C(N)N(C)C1=O. The predicted molar refractivity (Wildman–Crippen MR) is 102 cm³/mol. The number of benzene rings is 1. The van der Waals surface area contributed by atoms with Gasteiger partial charge in [0.1, 0.15) is 0 Å². The zero-order valence-corrected chi connectivity index (χ0v) is 16.2. The maximum atomic E-state index is 13.5. The van der Waals surface area contributed by atoms with E-state index in [1.165, 1.54) is 11.1 Å². The number of amides is 1. The zero-order valence-electron chi connectivity index (χ0n) is 16.2. The summed E-state index contributed by atoms with van der Waals surface area (Å²) in [6.45, 7) is 4.37. The lowest BCUT2D eigenvalue weighted by Gasteiger charge is -2.45. The highest BCUT2D eigenvalue weighted by molar-refractivity contribution is 6.08. The lowest BCUT2D eigenvalue weighted by atomic mass is 9.61. The number of methoxy groups -OCH3 is 1. The Bertz CT molecular complexity index is 777. The van der Waals surface area contributed by atoms with Crippen LogP contribution in [0.25, 0.3) is 0 Å². The molecule has 0 bridgehead atoms. The first-order valence-corrected chi connectivity index (χ1v) is 9.64. The third-order valence-corrected chi connectivity index (χ3v) is 6.95. The molecule has 1 amide bonds. The van der Waals surface area contributed by atoms with Gasteiger partial charge in [-0.2, -0.15) is 0 Å². The van der Waals surface area contributed by atoms with E-state index >= 15 is 0 Å². The Hall–Kier alpha value is -1.88. The van der Waals surface area contributed by atoms with E-state index in [1.54, 1.807) is 19.1 Å². The number of ether oxygens (including phenoxy) is 1. The van der Waals surface area contributed by atoms with E-state index in [2.05, 4.69) is 32.0 Å². The number of aliphatic imine (C=N–C) groups is 1. The first kappa shape index (κ1) is 17.5. The van der Waals surface area contributed by atoms with E-state index < -0.39 is 5.54 Å². The summed E-state index contributed by atoms with van der Waals surface area (Å²) in [5.74, 6) is 0.783. The van der Waals surface area contributed by atoms with E-state index in [0.29, 0.717) is 11.9 Å². The maximum Gasteiger partial charge on any atom is 0.262 e. The van der Waals surface area contributed by atoms with Crippen molar-refractivity contribution in [2.24, 2.45) is 16.1 Å². The van der Waals surface area contributed by atoms with Crippen LogP contribution < -0.4 is 5.73 Å². The van der Waals surface area contributed by atoms with Gasteiger partial charge in [0.05, 0.1) is 6.10 Å². The highest BCUT2D eigenvalue weighted by Gasteiger charge is 2.66. The van der Waals surface area contributed by atoms with Gasteiger partial charge in [-0.3, -0.25) is 9.69 Å². The van der Waals surface area contributed by atoms with Crippen LogP contribution in [-0.2, 0) is 21.5 Å². The standard InChI is InChI=1S/C21H29N3O2/c1-13(2)14-5-6-15-12-20(9-7-16(26-4)8-10-20)21(17(15)11-14)18(25)24(3)19(22)23-21/h5-6,11,13,16H,7-10,12H2,1-4H3,(H2,22,23). The molecule has 1 heterocycles. The molecule has 4 rings (SSSR count). The van der Waals surface area contributed by atoms with Crippen molar-refractivity contribution >= 4 is 11.9 Å². The van der Waals surface area contributed by atoms with E-state index in [0.717, 1.165) is 37.7 Å². The first-order chi connectivity index (χ1) is 12.3. The Balaban J connectivity index is 1.89. The summed E-state index contributed by atoms with van der Waals surface area (Å²) in [6.07, 6.45) is 4.99. The van der Waals surface area contributed by atoms with E-state index in [1.807, 2.05) is 0 Å². The number of fused-ring (bicyclic) bond motifs is 3. The van der Waals surface area contributed by atoms with Crippen LogP contribution in [0.5, 0.6) is 0 Å². The van der Waals surface area contributed by atoms with Gasteiger partial charge < -0.3 is 10.5 Å². The number of likely N-dealkylation sites (N-methyl/N-ethyl adjacent to an activating group) is 1. The Kier molecular flexibility index (Phi) is 3.92. The molecular weight excluding hydrogens is 326 g/mol. The van der Waals surface area contributed by atoms with Gasteiger partial charge in [0.25, 0.3) is 5.91 Å². The average molecular weight is 355 g/mol. The minimum atomic E-state index is -0.856. The third-order valence-electron chi connectivity index (χ3n) is 6.95. The molecule has 1 aromatic rings. The largest absolute Gasteiger partial charge is 0.381 e. The van der Waals surface area contributed by atoms with Crippen molar-refractivity contribution in [2.75, 3.05) is 14.2 Å². The molecule has 2 spiro atoms. The van der Waals surface area contributed by atoms with Gasteiger partial charge in [0.2, 0.25) is 0 Å². The molecule has 3 aliphatic rings. The average Bonchev–Trinajstić information content (AvgIpc) is 3.03. The number of carbonyl (C=O) groups is 1. The molecule has 1 aromatic carbocycles. The molecule has 140 valence electrons. The molecule has 0 saturated heterocycles. The van der Waals surface area contributed by atoms with Crippen molar-refractivity contribution in [2.45, 2.75) is 63.5 Å². The lowest BCUT2D eigenvalue weighted by Crippen LogP contribution is -2.51. The van der Waals surface area contributed by atoms with Crippen LogP contribution in [-0.4, -0.2) is 37.0 Å². The van der Waals surface area contributed by atoms with Crippen molar-refractivity contribution < 1.29 is 9.53 Å². The fourth-order valence-electron chi connectivity index (χ4n) is 5.30. The second-order valence-corrected chi connectivity index (χ2v) is 8.51. The number of nitrogens with zero attached hydrogens (tertiary/aromatic N) is 2. The topological polar surface area (TPSA) is 67.9 Å². The zero-order chi connectivity index (χ0) is 18.7. The Labute approximate surface area is 155 Å². The quantitative estimate of drug-likeness (QED) is 0.887. The van der Waals surface area contributed by atoms with Gasteiger partial charge in [-0.05, 0) is 54.7 Å². The van der Waals surface area contributed by atoms with Gasteiger partial charge >= 0.3 is 0 Å². The van der Waals surface area contributed by atoms with E-state index in [4.69, 9.17) is 15.5 Å². The summed E-state index contributed by atoms with van der Waals surface area (Å²) in [7, 11) is 3.52. The Morgan fingerprint density at radius 3 is 2.54 bits per heavy atom. The molecule has 1 saturated carbocycles. The second kappa shape index (κ2) is 5.81. The molecule has 1 unspecified atom stereocenters. The lowest BCUT2D eigenvalue weighted by molar-refractivity contribution is -0.137. The predicted octanol–water partition coefficient (Wildman–Crippen LogP) is 2.92. The van der Waals surface area contributed by atoms with Gasteiger partial charge in [0.15, 0.2) is 11.5 Å². The molecule has 2 N–H and O–H groups in total. The van der Waals surface area contributed by atoms with Crippen LogP contribution >= 0.6 is 0 Å². The third kappa shape index (κ3) is 2.13. The van der Waals surface area contributed by atoms with Gasteiger partial charge in [-0.15, -0.1) is 0 Å². The summed E-state index contributed by atoms with van der Waals surface area (Å²) in [5, 5.41) is 0. The molecule has 2 aliphatic carbocycles. The molecule has 5 nitrogen and oxygen atoms in total. The summed E-state index contributed by atoms with van der Waals surface area (Å²) in [4.78, 5) is 19.9. The minimum absolute atomic E-state index is 0.0329. The number of rotatable bonds is 2. The Morgan fingerprint density at radius 1 is 1.31 bits per heavy atom. The van der Waals surface area contributed by atoms with Crippen molar-refractivity contribution in [3.05, 3.63) is 34.9 Å². The fraction of sp³-hybridized carbons (Fsp3) is 0.619. The molecule has 1 aliphatic heterocycles. The van der Waals surface area contributed by atoms with Crippen LogP contribution in [0.3, 0.4) is 0 Å². The Morgan fingerprint density at radius 2 is 2.00 bits per heavy atom. The molecule has 5 heteroatoms. The van der Waals surface area contributed by atoms with Gasteiger partial charge in [-0.25, -0.2) is 4.99 Å². The number of hydrogen-bond donors (Lipinski definition) is 1. The van der Waals surface area contributed by atoms with Gasteiger partial charge in [-0.1, -0.05) is 32.0 Å². The summed E-state index contributed by atoms with van der Waals surface area (Å²) in [5.41, 5.74) is 8.69. The smallest absolute Gasteiger partial charge is 0.262 e. The number of hydrogen-bond acceptors (Lipinski definition) is 4. The van der Waals surface area contributed by atoms with Crippen molar-refractivity contribution in [1.29, 1.82) is 0 Å². The van der Waals surface area contributed by atoms with Crippen LogP contribution in [0.2, 0.25) is 0 Å². The van der Waals surface area contributed by atoms with Crippen molar-refractivity contribution in [1.82, 2.24) is 4.90 Å². The monoisotopic (exact) mass is 355 g/mol. The number of carbonyl (C=O) groups excluding carboxylic acids is 1. The van der Waals surface area contributed by atoms with E-state index in [-0.39, 0.29) is 17.4 Å².